The first-order valence-corrected chi connectivity index (χ1v) is 11.5. The SMILES string of the molecule is Cc1ccc(N2CC(C(=O)NCCNc3ccc(-n4nc(C)c(C)c4C)nn3)CC2=O)cc1C. The van der Waals surface area contributed by atoms with Crippen LogP contribution in [0.2, 0.25) is 0 Å². The van der Waals surface area contributed by atoms with Crippen molar-refractivity contribution in [2.24, 2.45) is 5.92 Å². The molecule has 1 aliphatic rings. The Hall–Kier alpha value is -3.75. The van der Waals surface area contributed by atoms with Crippen molar-refractivity contribution in [2.45, 2.75) is 41.0 Å². The summed E-state index contributed by atoms with van der Waals surface area (Å²) in [6.45, 7) is 11.4. The molecule has 9 heteroatoms. The number of aryl methyl sites for hydroxylation is 3. The lowest BCUT2D eigenvalue weighted by Gasteiger charge is -2.18. The van der Waals surface area contributed by atoms with Crippen LogP contribution in [0.1, 0.15) is 34.5 Å². The van der Waals surface area contributed by atoms with Gasteiger partial charge in [-0.3, -0.25) is 9.59 Å². The topological polar surface area (TPSA) is 105 Å². The molecule has 1 unspecified atom stereocenters. The predicted octanol–water partition coefficient (Wildman–Crippen LogP) is 2.79. The number of nitrogens with one attached hydrogen (secondary N) is 2. The number of hydrogen-bond donors (Lipinski definition) is 2. The van der Waals surface area contributed by atoms with Gasteiger partial charge in [0.2, 0.25) is 11.8 Å². The van der Waals surface area contributed by atoms with Crippen molar-refractivity contribution in [3.63, 3.8) is 0 Å². The van der Waals surface area contributed by atoms with Crippen molar-refractivity contribution in [3.8, 4) is 5.82 Å². The van der Waals surface area contributed by atoms with Crippen molar-refractivity contribution < 1.29 is 9.59 Å². The molecule has 178 valence electrons. The molecule has 0 spiro atoms. The molecule has 4 rings (SSSR count). The fourth-order valence-corrected chi connectivity index (χ4v) is 4.02. The summed E-state index contributed by atoms with van der Waals surface area (Å²) in [5.74, 6) is 0.801. The third-order valence-corrected chi connectivity index (χ3v) is 6.55. The van der Waals surface area contributed by atoms with E-state index in [2.05, 4.69) is 25.9 Å². The van der Waals surface area contributed by atoms with Crippen molar-refractivity contribution in [1.82, 2.24) is 25.3 Å². The molecule has 0 radical (unpaired) electrons. The lowest BCUT2D eigenvalue weighted by Crippen LogP contribution is -2.35. The van der Waals surface area contributed by atoms with Gasteiger partial charge in [0.25, 0.3) is 0 Å². The monoisotopic (exact) mass is 461 g/mol. The maximum Gasteiger partial charge on any atom is 0.227 e. The first kappa shape index (κ1) is 23.4. The van der Waals surface area contributed by atoms with Crippen LogP contribution < -0.4 is 15.5 Å². The van der Waals surface area contributed by atoms with Gasteiger partial charge in [-0.05, 0) is 75.6 Å². The van der Waals surface area contributed by atoms with Crippen molar-refractivity contribution >= 4 is 23.3 Å². The number of benzene rings is 1. The summed E-state index contributed by atoms with van der Waals surface area (Å²) in [5, 5.41) is 19.0. The Balaban J connectivity index is 1.25. The van der Waals surface area contributed by atoms with Gasteiger partial charge in [-0.15, -0.1) is 10.2 Å². The van der Waals surface area contributed by atoms with Gasteiger partial charge in [-0.25, -0.2) is 4.68 Å². The first-order chi connectivity index (χ1) is 16.2. The third kappa shape index (κ3) is 4.78. The van der Waals surface area contributed by atoms with Gasteiger partial charge in [0, 0.05) is 37.4 Å². The van der Waals surface area contributed by atoms with E-state index >= 15 is 0 Å². The fraction of sp³-hybridized carbons (Fsp3) is 0.400. The Morgan fingerprint density at radius 2 is 1.82 bits per heavy atom. The average Bonchev–Trinajstić information content (AvgIpc) is 3.34. The maximum absolute atomic E-state index is 12.6. The van der Waals surface area contributed by atoms with E-state index in [9.17, 15) is 9.59 Å². The molecule has 1 atom stereocenters. The van der Waals surface area contributed by atoms with Crippen LogP contribution in [0.15, 0.2) is 30.3 Å². The molecule has 2 aromatic heterocycles. The van der Waals surface area contributed by atoms with Gasteiger partial charge in [0.1, 0.15) is 5.82 Å². The highest BCUT2D eigenvalue weighted by molar-refractivity contribution is 6.00. The molecule has 3 heterocycles. The minimum Gasteiger partial charge on any atom is -0.367 e. The van der Waals surface area contributed by atoms with Crippen LogP contribution in [-0.2, 0) is 9.59 Å². The normalized spacial score (nSPS) is 15.6. The van der Waals surface area contributed by atoms with Gasteiger partial charge in [-0.2, -0.15) is 5.10 Å². The molecule has 0 aliphatic carbocycles. The summed E-state index contributed by atoms with van der Waals surface area (Å²) in [6, 6.07) is 9.64. The summed E-state index contributed by atoms with van der Waals surface area (Å²) in [7, 11) is 0. The molecular formula is C25H31N7O2. The second-order valence-electron chi connectivity index (χ2n) is 8.88. The van der Waals surface area contributed by atoms with Crippen LogP contribution >= 0.6 is 0 Å². The standard InChI is InChI=1S/C25H31N7O2/c1-15-6-7-21(12-16(15)2)31-14-20(13-24(31)33)25(34)27-11-10-26-22-8-9-23(29-28-22)32-19(5)17(3)18(4)30-32/h6-9,12,20H,10-11,13-14H2,1-5H3,(H,26,28)(H,27,34). The van der Waals surface area contributed by atoms with Gasteiger partial charge >= 0.3 is 0 Å². The number of nitrogens with zero attached hydrogens (tertiary/aromatic N) is 5. The van der Waals surface area contributed by atoms with E-state index in [0.29, 0.717) is 31.3 Å². The summed E-state index contributed by atoms with van der Waals surface area (Å²) >= 11 is 0. The minimum atomic E-state index is -0.350. The van der Waals surface area contributed by atoms with E-state index in [1.165, 1.54) is 5.56 Å². The van der Waals surface area contributed by atoms with Crippen LogP contribution in [0.25, 0.3) is 5.82 Å². The number of carbonyl (C=O) groups excluding carboxylic acids is 2. The van der Waals surface area contributed by atoms with Crippen LogP contribution in [0.5, 0.6) is 0 Å². The zero-order chi connectivity index (χ0) is 24.4. The highest BCUT2D eigenvalue weighted by atomic mass is 16.2. The van der Waals surface area contributed by atoms with E-state index in [1.54, 1.807) is 9.58 Å². The Labute approximate surface area is 199 Å². The molecule has 34 heavy (non-hydrogen) atoms. The van der Waals surface area contributed by atoms with E-state index < -0.39 is 0 Å². The Bertz CT molecular complexity index is 1220. The van der Waals surface area contributed by atoms with Crippen LogP contribution in [0, 0.1) is 40.5 Å². The molecule has 0 saturated carbocycles. The van der Waals surface area contributed by atoms with E-state index in [4.69, 9.17) is 0 Å². The highest BCUT2D eigenvalue weighted by Gasteiger charge is 2.35. The molecule has 1 aromatic carbocycles. The Kier molecular flexibility index (Phi) is 6.63. The van der Waals surface area contributed by atoms with Crippen LogP contribution in [-0.4, -0.2) is 51.4 Å². The Morgan fingerprint density at radius 3 is 2.47 bits per heavy atom. The molecule has 2 amide bonds. The first-order valence-electron chi connectivity index (χ1n) is 11.5. The largest absolute Gasteiger partial charge is 0.367 e. The summed E-state index contributed by atoms with van der Waals surface area (Å²) < 4.78 is 1.78. The number of rotatable bonds is 7. The van der Waals surface area contributed by atoms with Gasteiger partial charge < -0.3 is 15.5 Å². The fourth-order valence-electron chi connectivity index (χ4n) is 4.02. The summed E-state index contributed by atoms with van der Waals surface area (Å²) in [4.78, 5) is 26.8. The molecule has 3 aromatic rings. The molecule has 0 bridgehead atoms. The molecule has 1 saturated heterocycles. The smallest absolute Gasteiger partial charge is 0.227 e. The lowest BCUT2D eigenvalue weighted by atomic mass is 10.1. The maximum atomic E-state index is 12.6. The Morgan fingerprint density at radius 1 is 1.03 bits per heavy atom. The number of carbonyl (C=O) groups is 2. The third-order valence-electron chi connectivity index (χ3n) is 6.55. The summed E-state index contributed by atoms with van der Waals surface area (Å²) in [6.07, 6.45) is 0.227. The second-order valence-corrected chi connectivity index (χ2v) is 8.88. The van der Waals surface area contributed by atoms with Crippen molar-refractivity contribution in [3.05, 3.63) is 58.4 Å². The number of hydrogen-bond acceptors (Lipinski definition) is 6. The van der Waals surface area contributed by atoms with Gasteiger partial charge in [0.15, 0.2) is 5.82 Å². The molecule has 2 N–H and O–H groups in total. The lowest BCUT2D eigenvalue weighted by molar-refractivity contribution is -0.126. The quantitative estimate of drug-likeness (QED) is 0.524. The zero-order valence-electron chi connectivity index (χ0n) is 20.3. The molecular weight excluding hydrogens is 430 g/mol. The summed E-state index contributed by atoms with van der Waals surface area (Å²) in [5.41, 5.74) is 6.31. The number of aromatic nitrogens is 4. The molecule has 1 fully saturated rings. The predicted molar refractivity (Wildman–Crippen MR) is 131 cm³/mol. The average molecular weight is 462 g/mol. The zero-order valence-corrected chi connectivity index (χ0v) is 20.3. The van der Waals surface area contributed by atoms with E-state index in [1.807, 2.05) is 65.0 Å². The van der Waals surface area contributed by atoms with Crippen molar-refractivity contribution in [1.29, 1.82) is 0 Å². The minimum absolute atomic E-state index is 0.0188. The van der Waals surface area contributed by atoms with E-state index in [-0.39, 0.29) is 24.2 Å². The number of amides is 2. The second kappa shape index (κ2) is 9.62. The van der Waals surface area contributed by atoms with Crippen LogP contribution in [0.4, 0.5) is 11.5 Å². The van der Waals surface area contributed by atoms with E-state index in [0.717, 1.165) is 28.2 Å². The highest BCUT2D eigenvalue weighted by Crippen LogP contribution is 2.27. The van der Waals surface area contributed by atoms with Gasteiger partial charge in [-0.1, -0.05) is 6.07 Å². The molecule has 9 nitrogen and oxygen atoms in total. The van der Waals surface area contributed by atoms with Crippen molar-refractivity contribution in [2.75, 3.05) is 29.9 Å². The van der Waals surface area contributed by atoms with Gasteiger partial charge in [0.05, 0.1) is 11.6 Å². The van der Waals surface area contributed by atoms with Crippen LogP contribution in [0.3, 0.4) is 0 Å². The molecule has 1 aliphatic heterocycles. The number of anilines is 2.